The van der Waals surface area contributed by atoms with E-state index in [4.69, 9.17) is 9.84 Å². The van der Waals surface area contributed by atoms with Crippen molar-refractivity contribution in [2.45, 2.75) is 34.1 Å². The third kappa shape index (κ3) is 2.99. The van der Waals surface area contributed by atoms with Crippen molar-refractivity contribution in [2.75, 3.05) is 0 Å². The van der Waals surface area contributed by atoms with Crippen LogP contribution in [0, 0.1) is 11.3 Å². The van der Waals surface area contributed by atoms with Crippen molar-refractivity contribution < 1.29 is 14.6 Å². The highest BCUT2D eigenvalue weighted by atomic mass is 16.5. The summed E-state index contributed by atoms with van der Waals surface area (Å²) < 4.78 is 5.34. The van der Waals surface area contributed by atoms with E-state index in [9.17, 15) is 4.79 Å². The van der Waals surface area contributed by atoms with Crippen molar-refractivity contribution in [3.63, 3.8) is 0 Å². The quantitative estimate of drug-likeness (QED) is 0.644. The van der Waals surface area contributed by atoms with Crippen molar-refractivity contribution in [1.82, 2.24) is 0 Å². The monoisotopic (exact) mass is 236 g/mol. The molecule has 0 aliphatic heterocycles. The van der Waals surface area contributed by atoms with Gasteiger partial charge in [0.2, 0.25) is 0 Å². The Kier molecular flexibility index (Phi) is 4.16. The van der Waals surface area contributed by atoms with Gasteiger partial charge < -0.3 is 9.84 Å². The molecule has 3 nitrogen and oxygen atoms in total. The van der Waals surface area contributed by atoms with Crippen molar-refractivity contribution in [3.8, 4) is 11.5 Å². The third-order valence-corrected chi connectivity index (χ3v) is 3.52. The van der Waals surface area contributed by atoms with Crippen LogP contribution in [-0.2, 0) is 4.79 Å². The van der Waals surface area contributed by atoms with Crippen LogP contribution < -0.4 is 4.74 Å². The van der Waals surface area contributed by atoms with Crippen LogP contribution in [0.15, 0.2) is 24.3 Å². The molecule has 1 N–H and O–H groups in total. The van der Waals surface area contributed by atoms with Gasteiger partial charge >= 0.3 is 5.97 Å². The van der Waals surface area contributed by atoms with Crippen LogP contribution in [0.3, 0.4) is 0 Å². The second kappa shape index (κ2) is 5.21. The van der Waals surface area contributed by atoms with E-state index in [0.29, 0.717) is 5.75 Å². The molecular weight excluding hydrogens is 216 g/mol. The van der Waals surface area contributed by atoms with Gasteiger partial charge in [-0.15, -0.1) is 0 Å². The molecule has 1 atom stereocenters. The van der Waals surface area contributed by atoms with Crippen LogP contribution >= 0.6 is 0 Å². The summed E-state index contributed by atoms with van der Waals surface area (Å²) in [6.45, 7) is 7.93. The first-order valence-corrected chi connectivity index (χ1v) is 5.91. The standard InChI is InChI=1S/C14H20O3/c1-5-14(4,10(2)3)13(16)17-12-8-6-11(15)7-9-12/h6-10,15H,5H2,1-4H3. The van der Waals surface area contributed by atoms with E-state index in [2.05, 4.69) is 0 Å². The fraction of sp³-hybridized carbons (Fsp3) is 0.500. The molecule has 0 saturated carbocycles. The molecular formula is C14H20O3. The Bertz CT molecular complexity index is 381. The smallest absolute Gasteiger partial charge is 0.317 e. The lowest BCUT2D eigenvalue weighted by Gasteiger charge is -2.29. The molecule has 3 heteroatoms. The van der Waals surface area contributed by atoms with Gasteiger partial charge in [-0.25, -0.2) is 0 Å². The highest BCUT2D eigenvalue weighted by molar-refractivity contribution is 5.79. The van der Waals surface area contributed by atoms with E-state index in [1.807, 2.05) is 27.7 Å². The van der Waals surface area contributed by atoms with Gasteiger partial charge in [0.25, 0.3) is 0 Å². The van der Waals surface area contributed by atoms with Crippen LogP contribution in [0.5, 0.6) is 11.5 Å². The summed E-state index contributed by atoms with van der Waals surface area (Å²) in [6.07, 6.45) is 0.738. The SMILES string of the molecule is CCC(C)(C(=O)Oc1ccc(O)cc1)C(C)C. The van der Waals surface area contributed by atoms with Crippen LogP contribution in [0.1, 0.15) is 34.1 Å². The summed E-state index contributed by atoms with van der Waals surface area (Å²) in [5, 5.41) is 9.14. The number of aromatic hydroxyl groups is 1. The number of benzene rings is 1. The van der Waals surface area contributed by atoms with Crippen molar-refractivity contribution >= 4 is 5.97 Å². The number of rotatable bonds is 4. The Labute approximate surface area is 102 Å². The van der Waals surface area contributed by atoms with E-state index in [1.165, 1.54) is 12.1 Å². The molecule has 0 fully saturated rings. The minimum atomic E-state index is -0.474. The minimum absolute atomic E-state index is 0.159. The predicted molar refractivity (Wildman–Crippen MR) is 67.0 cm³/mol. The second-order valence-corrected chi connectivity index (χ2v) is 4.81. The van der Waals surface area contributed by atoms with Gasteiger partial charge in [0.15, 0.2) is 0 Å². The van der Waals surface area contributed by atoms with Gasteiger partial charge in [0.1, 0.15) is 11.5 Å². The average molecular weight is 236 g/mol. The van der Waals surface area contributed by atoms with Crippen LogP contribution in [0.4, 0.5) is 0 Å². The topological polar surface area (TPSA) is 46.5 Å². The number of hydrogen-bond donors (Lipinski definition) is 1. The van der Waals surface area contributed by atoms with E-state index in [-0.39, 0.29) is 17.6 Å². The number of phenols is 1. The molecule has 1 aromatic rings. The first kappa shape index (κ1) is 13.6. The normalized spacial score (nSPS) is 14.4. The van der Waals surface area contributed by atoms with Crippen molar-refractivity contribution in [3.05, 3.63) is 24.3 Å². The van der Waals surface area contributed by atoms with E-state index in [1.54, 1.807) is 12.1 Å². The maximum absolute atomic E-state index is 12.1. The molecule has 94 valence electrons. The molecule has 1 unspecified atom stereocenters. The fourth-order valence-corrected chi connectivity index (χ4v) is 1.53. The second-order valence-electron chi connectivity index (χ2n) is 4.81. The molecule has 0 aromatic heterocycles. The summed E-state index contributed by atoms with van der Waals surface area (Å²) in [5.74, 6) is 0.623. The molecule has 1 rings (SSSR count). The van der Waals surface area contributed by atoms with Gasteiger partial charge in [-0.3, -0.25) is 4.79 Å². The Morgan fingerprint density at radius 1 is 1.35 bits per heavy atom. The Balaban J connectivity index is 2.81. The Morgan fingerprint density at radius 3 is 2.29 bits per heavy atom. The predicted octanol–water partition coefficient (Wildman–Crippen LogP) is 3.37. The summed E-state index contributed by atoms with van der Waals surface area (Å²) >= 11 is 0. The molecule has 17 heavy (non-hydrogen) atoms. The zero-order valence-electron chi connectivity index (χ0n) is 10.9. The van der Waals surface area contributed by atoms with Crippen LogP contribution in [0.2, 0.25) is 0 Å². The molecule has 0 aliphatic rings. The number of carbonyl (C=O) groups is 1. The molecule has 0 spiro atoms. The lowest BCUT2D eigenvalue weighted by Crippen LogP contribution is -2.36. The summed E-state index contributed by atoms with van der Waals surface area (Å²) in [5.41, 5.74) is -0.474. The first-order valence-electron chi connectivity index (χ1n) is 5.91. The summed E-state index contributed by atoms with van der Waals surface area (Å²) in [4.78, 5) is 12.1. The molecule has 0 bridgehead atoms. The lowest BCUT2D eigenvalue weighted by atomic mass is 9.77. The largest absolute Gasteiger partial charge is 0.508 e. The number of ether oxygens (including phenoxy) is 1. The van der Waals surface area contributed by atoms with Crippen LogP contribution in [0.25, 0.3) is 0 Å². The summed E-state index contributed by atoms with van der Waals surface area (Å²) in [6, 6.07) is 6.18. The van der Waals surface area contributed by atoms with E-state index in [0.717, 1.165) is 6.42 Å². The zero-order valence-corrected chi connectivity index (χ0v) is 10.9. The summed E-state index contributed by atoms with van der Waals surface area (Å²) in [7, 11) is 0. The highest BCUT2D eigenvalue weighted by Gasteiger charge is 2.36. The van der Waals surface area contributed by atoms with Gasteiger partial charge in [-0.1, -0.05) is 20.8 Å². The van der Waals surface area contributed by atoms with Crippen molar-refractivity contribution in [2.24, 2.45) is 11.3 Å². The lowest BCUT2D eigenvalue weighted by molar-refractivity contribution is -0.147. The zero-order chi connectivity index (χ0) is 13.1. The van der Waals surface area contributed by atoms with Gasteiger partial charge in [0.05, 0.1) is 5.41 Å². The maximum Gasteiger partial charge on any atom is 0.317 e. The van der Waals surface area contributed by atoms with E-state index < -0.39 is 5.41 Å². The number of hydrogen-bond acceptors (Lipinski definition) is 3. The molecule has 0 amide bonds. The highest BCUT2D eigenvalue weighted by Crippen LogP contribution is 2.33. The molecule has 0 radical (unpaired) electrons. The Morgan fingerprint density at radius 2 is 1.88 bits per heavy atom. The maximum atomic E-state index is 12.1. The minimum Gasteiger partial charge on any atom is -0.508 e. The number of esters is 1. The van der Waals surface area contributed by atoms with Gasteiger partial charge in [-0.05, 0) is 43.5 Å². The van der Waals surface area contributed by atoms with Crippen molar-refractivity contribution in [1.29, 1.82) is 0 Å². The van der Waals surface area contributed by atoms with Gasteiger partial charge in [-0.2, -0.15) is 0 Å². The molecule has 0 saturated heterocycles. The molecule has 0 heterocycles. The molecule has 0 aliphatic carbocycles. The fourth-order valence-electron chi connectivity index (χ4n) is 1.53. The third-order valence-electron chi connectivity index (χ3n) is 3.52. The van der Waals surface area contributed by atoms with Crippen LogP contribution in [-0.4, -0.2) is 11.1 Å². The average Bonchev–Trinajstić information content (AvgIpc) is 2.30. The molecule has 1 aromatic carbocycles. The first-order chi connectivity index (χ1) is 7.90. The van der Waals surface area contributed by atoms with E-state index >= 15 is 0 Å². The number of phenolic OH excluding ortho intramolecular Hbond substituents is 1. The number of carbonyl (C=O) groups excluding carboxylic acids is 1. The Hall–Kier alpha value is -1.51. The van der Waals surface area contributed by atoms with Gasteiger partial charge in [0, 0.05) is 0 Å².